The molecule has 1 aliphatic heterocycles. The second-order valence-corrected chi connectivity index (χ2v) is 10.9. The molecule has 1 amide bonds. The van der Waals surface area contributed by atoms with Gasteiger partial charge in [-0.25, -0.2) is 17.2 Å². The molecule has 0 unspecified atom stereocenters. The van der Waals surface area contributed by atoms with E-state index in [1.807, 2.05) is 0 Å². The van der Waals surface area contributed by atoms with Gasteiger partial charge in [-0.15, -0.1) is 0 Å². The molecule has 4 rings (SSSR count). The second-order valence-electron chi connectivity index (χ2n) is 8.55. The molecule has 1 saturated heterocycles. The standard InChI is InChI=1S/C26H23ClF2N2O5S/c1-16-10-21(37(34,35)31-8-2-3-9-31)5-6-23(16)30-25(32)15-36-24-7-4-18(27)13-22(24)26(33)17-11-19(28)14-20(29)12-17/h4-7,10-14H,2-3,8-9,15H2,1H3,(H,30,32). The van der Waals surface area contributed by atoms with Crippen LogP contribution >= 0.6 is 11.6 Å². The zero-order valence-electron chi connectivity index (χ0n) is 19.8. The maximum Gasteiger partial charge on any atom is 0.262 e. The Bertz CT molecular complexity index is 1450. The Morgan fingerprint density at radius 3 is 2.32 bits per heavy atom. The van der Waals surface area contributed by atoms with Gasteiger partial charge in [0.15, 0.2) is 12.4 Å². The van der Waals surface area contributed by atoms with E-state index in [1.165, 1.54) is 40.7 Å². The topological polar surface area (TPSA) is 92.8 Å². The van der Waals surface area contributed by atoms with E-state index in [-0.39, 0.29) is 26.8 Å². The summed E-state index contributed by atoms with van der Waals surface area (Å²) >= 11 is 6.00. The molecule has 1 fully saturated rings. The second kappa shape index (κ2) is 11.0. The highest BCUT2D eigenvalue weighted by atomic mass is 35.5. The van der Waals surface area contributed by atoms with Gasteiger partial charge in [0.05, 0.1) is 10.5 Å². The van der Waals surface area contributed by atoms with Gasteiger partial charge in [0.2, 0.25) is 10.0 Å². The lowest BCUT2D eigenvalue weighted by Crippen LogP contribution is -2.28. The van der Waals surface area contributed by atoms with Crippen molar-refractivity contribution in [3.8, 4) is 5.75 Å². The maximum atomic E-state index is 13.6. The van der Waals surface area contributed by atoms with Crippen molar-refractivity contribution < 1.29 is 31.5 Å². The molecule has 0 bridgehead atoms. The van der Waals surface area contributed by atoms with E-state index in [9.17, 15) is 26.8 Å². The summed E-state index contributed by atoms with van der Waals surface area (Å²) in [5.41, 5.74) is 0.632. The highest BCUT2D eigenvalue weighted by Gasteiger charge is 2.27. The van der Waals surface area contributed by atoms with Crippen LogP contribution in [0.5, 0.6) is 5.75 Å². The number of ketones is 1. The summed E-state index contributed by atoms with van der Waals surface area (Å²) in [6.07, 6.45) is 1.65. The van der Waals surface area contributed by atoms with Crippen LogP contribution in [0.3, 0.4) is 0 Å². The fraction of sp³-hybridized carbons (Fsp3) is 0.231. The average molecular weight is 549 g/mol. The summed E-state index contributed by atoms with van der Waals surface area (Å²) in [6, 6.07) is 11.0. The van der Waals surface area contributed by atoms with E-state index in [2.05, 4.69) is 5.32 Å². The number of sulfonamides is 1. The Labute approximate surface area is 218 Å². The minimum atomic E-state index is -3.59. The first-order valence-electron chi connectivity index (χ1n) is 11.4. The van der Waals surface area contributed by atoms with E-state index >= 15 is 0 Å². The molecular weight excluding hydrogens is 526 g/mol. The minimum Gasteiger partial charge on any atom is -0.483 e. The van der Waals surface area contributed by atoms with E-state index in [0.717, 1.165) is 25.0 Å². The van der Waals surface area contributed by atoms with Gasteiger partial charge in [0, 0.05) is 35.4 Å². The fourth-order valence-electron chi connectivity index (χ4n) is 3.99. The van der Waals surface area contributed by atoms with Crippen LogP contribution in [0.4, 0.5) is 14.5 Å². The first-order chi connectivity index (χ1) is 17.5. The number of amides is 1. The number of halogens is 3. The average Bonchev–Trinajstić information content (AvgIpc) is 3.39. The lowest BCUT2D eigenvalue weighted by molar-refractivity contribution is -0.118. The number of carbonyl (C=O) groups excluding carboxylic acids is 2. The molecule has 3 aromatic rings. The molecule has 0 saturated carbocycles. The summed E-state index contributed by atoms with van der Waals surface area (Å²) in [4.78, 5) is 25.6. The third-order valence-corrected chi connectivity index (χ3v) is 7.97. The lowest BCUT2D eigenvalue weighted by Gasteiger charge is -2.17. The van der Waals surface area contributed by atoms with Crippen LogP contribution in [-0.4, -0.2) is 44.1 Å². The van der Waals surface area contributed by atoms with Gasteiger partial charge < -0.3 is 10.1 Å². The van der Waals surface area contributed by atoms with Crippen molar-refractivity contribution in [1.82, 2.24) is 4.31 Å². The van der Waals surface area contributed by atoms with Gasteiger partial charge in [-0.3, -0.25) is 9.59 Å². The molecule has 0 aromatic heterocycles. The van der Waals surface area contributed by atoms with Gasteiger partial charge in [-0.05, 0) is 73.9 Å². The largest absolute Gasteiger partial charge is 0.483 e. The van der Waals surface area contributed by atoms with Crippen LogP contribution in [0.1, 0.15) is 34.3 Å². The third kappa shape index (κ3) is 6.15. The van der Waals surface area contributed by atoms with Gasteiger partial charge >= 0.3 is 0 Å². The minimum absolute atomic E-state index is 0.00186. The van der Waals surface area contributed by atoms with Crippen molar-refractivity contribution >= 4 is 39.0 Å². The van der Waals surface area contributed by atoms with Crippen LogP contribution in [0, 0.1) is 18.6 Å². The van der Waals surface area contributed by atoms with Gasteiger partial charge in [0.1, 0.15) is 17.4 Å². The quantitative estimate of drug-likeness (QED) is 0.402. The molecule has 1 aliphatic rings. The Kier molecular flexibility index (Phi) is 7.91. The normalized spacial score (nSPS) is 13.9. The number of benzene rings is 3. The van der Waals surface area contributed by atoms with E-state index in [4.69, 9.17) is 16.3 Å². The van der Waals surface area contributed by atoms with Crippen molar-refractivity contribution in [3.63, 3.8) is 0 Å². The first kappa shape index (κ1) is 26.7. The molecule has 0 spiro atoms. The molecular formula is C26H23ClF2N2O5S. The number of aryl methyl sites for hydroxylation is 1. The van der Waals surface area contributed by atoms with Gasteiger partial charge in [-0.2, -0.15) is 4.31 Å². The molecule has 11 heteroatoms. The summed E-state index contributed by atoms with van der Waals surface area (Å²) < 4.78 is 59.7. The Morgan fingerprint density at radius 1 is 1.00 bits per heavy atom. The molecule has 194 valence electrons. The SMILES string of the molecule is Cc1cc(S(=O)(=O)N2CCCC2)ccc1NC(=O)COc1ccc(Cl)cc1C(=O)c1cc(F)cc(F)c1. The fourth-order valence-corrected chi connectivity index (χ4v) is 5.76. The van der Waals surface area contributed by atoms with Crippen LogP contribution in [0.25, 0.3) is 0 Å². The third-order valence-electron chi connectivity index (χ3n) is 5.84. The van der Waals surface area contributed by atoms with Gasteiger partial charge in [0.25, 0.3) is 5.91 Å². The maximum absolute atomic E-state index is 13.6. The van der Waals surface area contributed by atoms with Crippen molar-refractivity contribution in [2.45, 2.75) is 24.7 Å². The predicted octanol–water partition coefficient (Wildman–Crippen LogP) is 4.96. The van der Waals surface area contributed by atoms with Gasteiger partial charge in [-0.1, -0.05) is 11.6 Å². The van der Waals surface area contributed by atoms with Crippen LogP contribution in [0.2, 0.25) is 5.02 Å². The number of ether oxygens (including phenoxy) is 1. The number of carbonyl (C=O) groups is 2. The van der Waals surface area contributed by atoms with E-state index in [0.29, 0.717) is 30.4 Å². The molecule has 7 nitrogen and oxygen atoms in total. The summed E-state index contributed by atoms with van der Waals surface area (Å²) in [7, 11) is -3.59. The Balaban J connectivity index is 1.46. The van der Waals surface area contributed by atoms with Crippen LogP contribution in [0.15, 0.2) is 59.5 Å². The zero-order valence-corrected chi connectivity index (χ0v) is 21.3. The monoisotopic (exact) mass is 548 g/mol. The molecule has 0 aliphatic carbocycles. The molecule has 1 N–H and O–H groups in total. The molecule has 0 atom stereocenters. The number of rotatable bonds is 8. The highest BCUT2D eigenvalue weighted by molar-refractivity contribution is 7.89. The zero-order chi connectivity index (χ0) is 26.7. The van der Waals surface area contributed by atoms with Crippen molar-refractivity contribution in [3.05, 3.63) is 87.9 Å². The lowest BCUT2D eigenvalue weighted by atomic mass is 10.0. The highest BCUT2D eigenvalue weighted by Crippen LogP contribution is 2.27. The molecule has 0 radical (unpaired) electrons. The number of nitrogens with one attached hydrogen (secondary N) is 1. The number of hydrogen-bond acceptors (Lipinski definition) is 5. The Hall–Kier alpha value is -3.34. The van der Waals surface area contributed by atoms with E-state index in [1.54, 1.807) is 6.92 Å². The van der Waals surface area contributed by atoms with Crippen molar-refractivity contribution in [2.24, 2.45) is 0 Å². The predicted molar refractivity (Wildman–Crippen MR) is 135 cm³/mol. The number of anilines is 1. The number of nitrogens with zero attached hydrogens (tertiary/aromatic N) is 1. The molecule has 37 heavy (non-hydrogen) atoms. The van der Waals surface area contributed by atoms with E-state index < -0.39 is 40.0 Å². The van der Waals surface area contributed by atoms with Crippen LogP contribution < -0.4 is 10.1 Å². The molecule has 1 heterocycles. The Morgan fingerprint density at radius 2 is 1.68 bits per heavy atom. The van der Waals surface area contributed by atoms with Crippen molar-refractivity contribution in [1.29, 1.82) is 0 Å². The summed E-state index contributed by atoms with van der Waals surface area (Å²) in [5, 5.41) is 2.84. The summed E-state index contributed by atoms with van der Waals surface area (Å²) in [5.74, 6) is -3.13. The molecule has 3 aromatic carbocycles. The first-order valence-corrected chi connectivity index (χ1v) is 13.2. The van der Waals surface area contributed by atoms with Crippen molar-refractivity contribution in [2.75, 3.05) is 25.0 Å². The van der Waals surface area contributed by atoms with Crippen LogP contribution in [-0.2, 0) is 14.8 Å². The number of hydrogen-bond donors (Lipinski definition) is 1. The smallest absolute Gasteiger partial charge is 0.262 e. The summed E-state index contributed by atoms with van der Waals surface area (Å²) in [6.45, 7) is 2.15.